The molecule has 0 radical (unpaired) electrons. The van der Waals surface area contributed by atoms with Gasteiger partial charge in [0.05, 0.1) is 17.9 Å². The first-order chi connectivity index (χ1) is 9.17. The van der Waals surface area contributed by atoms with Crippen molar-refractivity contribution in [2.45, 2.75) is 6.54 Å². The van der Waals surface area contributed by atoms with Gasteiger partial charge in [-0.2, -0.15) is 10.5 Å². The van der Waals surface area contributed by atoms with Crippen molar-refractivity contribution in [1.29, 1.82) is 10.5 Å². The Morgan fingerprint density at radius 1 is 1.32 bits per heavy atom. The van der Waals surface area contributed by atoms with Gasteiger partial charge in [0.2, 0.25) is 0 Å². The fourth-order valence-corrected chi connectivity index (χ4v) is 1.87. The number of nitrogens with zero attached hydrogens (tertiary/aromatic N) is 4. The summed E-state index contributed by atoms with van der Waals surface area (Å²) in [4.78, 5) is 15.8. The normalized spacial score (nSPS) is 9.63. The van der Waals surface area contributed by atoms with Gasteiger partial charge in [-0.15, -0.1) is 0 Å². The highest BCUT2D eigenvalue weighted by Crippen LogP contribution is 2.17. The number of carbonyl (C=O) groups is 1. The minimum Gasteiger partial charge on any atom is -0.313 e. The zero-order valence-corrected chi connectivity index (χ0v) is 10.4. The van der Waals surface area contributed by atoms with E-state index < -0.39 is 0 Å². The van der Waals surface area contributed by atoms with Crippen molar-refractivity contribution in [3.05, 3.63) is 52.6 Å². The first-order valence-electron chi connectivity index (χ1n) is 5.30. The zero-order valence-electron chi connectivity index (χ0n) is 9.67. The van der Waals surface area contributed by atoms with Crippen LogP contribution in [-0.2, 0) is 6.54 Å². The lowest BCUT2D eigenvalue weighted by molar-refractivity contribution is 0.0972. The SMILES string of the molecule is N#Cc1ncn(CC(=O)c2ccccc2Cl)c1C#N. The first kappa shape index (κ1) is 12.8. The summed E-state index contributed by atoms with van der Waals surface area (Å²) >= 11 is 5.93. The molecule has 0 N–H and O–H groups in total. The molecule has 5 nitrogen and oxygen atoms in total. The number of Topliss-reactive ketones (excluding diaryl/α,β-unsaturated/α-hetero) is 1. The summed E-state index contributed by atoms with van der Waals surface area (Å²) in [6.07, 6.45) is 1.30. The molecule has 92 valence electrons. The van der Waals surface area contributed by atoms with E-state index in [9.17, 15) is 4.79 Å². The number of nitriles is 2. The standard InChI is InChI=1S/C13H7ClN4O/c14-10-4-2-1-3-9(10)13(19)7-18-8-17-11(5-15)12(18)6-16/h1-4,8H,7H2. The van der Waals surface area contributed by atoms with E-state index in [4.69, 9.17) is 22.1 Å². The molecule has 0 aliphatic rings. The van der Waals surface area contributed by atoms with Gasteiger partial charge in [-0.25, -0.2) is 4.98 Å². The van der Waals surface area contributed by atoms with Crippen LogP contribution in [0.2, 0.25) is 5.02 Å². The van der Waals surface area contributed by atoms with Gasteiger partial charge in [-0.3, -0.25) is 4.79 Å². The quantitative estimate of drug-likeness (QED) is 0.800. The summed E-state index contributed by atoms with van der Waals surface area (Å²) in [6, 6.07) is 10.3. The number of aromatic nitrogens is 2. The van der Waals surface area contributed by atoms with Gasteiger partial charge in [0.1, 0.15) is 12.1 Å². The van der Waals surface area contributed by atoms with E-state index in [2.05, 4.69) is 4.98 Å². The van der Waals surface area contributed by atoms with Crippen LogP contribution in [-0.4, -0.2) is 15.3 Å². The molecule has 1 aromatic carbocycles. The Morgan fingerprint density at radius 2 is 2.05 bits per heavy atom. The lowest BCUT2D eigenvalue weighted by Crippen LogP contribution is -2.11. The fraction of sp³-hybridized carbons (Fsp3) is 0.0769. The molecule has 2 aromatic rings. The molecule has 0 atom stereocenters. The minimum absolute atomic E-state index is 0.00876. The van der Waals surface area contributed by atoms with Gasteiger partial charge in [0.25, 0.3) is 0 Å². The zero-order chi connectivity index (χ0) is 13.8. The van der Waals surface area contributed by atoms with Crippen LogP contribution < -0.4 is 0 Å². The molecule has 0 saturated carbocycles. The molecule has 0 unspecified atom stereocenters. The molecule has 2 rings (SSSR count). The van der Waals surface area contributed by atoms with Crippen molar-refractivity contribution < 1.29 is 4.79 Å². The molecule has 6 heteroatoms. The van der Waals surface area contributed by atoms with Gasteiger partial charge >= 0.3 is 0 Å². The molecule has 1 heterocycles. The smallest absolute Gasteiger partial charge is 0.184 e. The van der Waals surface area contributed by atoms with Gasteiger partial charge in [-0.05, 0) is 12.1 Å². The minimum atomic E-state index is -0.246. The maximum atomic E-state index is 12.1. The Bertz CT molecular complexity index is 721. The maximum absolute atomic E-state index is 12.1. The molecule has 0 fully saturated rings. The first-order valence-corrected chi connectivity index (χ1v) is 5.68. The topological polar surface area (TPSA) is 82.5 Å². The van der Waals surface area contributed by atoms with Crippen LogP contribution in [0.3, 0.4) is 0 Å². The fourth-order valence-electron chi connectivity index (χ4n) is 1.63. The van der Waals surface area contributed by atoms with Crippen molar-refractivity contribution in [2.75, 3.05) is 0 Å². The highest BCUT2D eigenvalue weighted by molar-refractivity contribution is 6.33. The van der Waals surface area contributed by atoms with Crippen molar-refractivity contribution in [3.8, 4) is 12.1 Å². The number of halogens is 1. The van der Waals surface area contributed by atoms with Crippen molar-refractivity contribution in [1.82, 2.24) is 9.55 Å². The Hall–Kier alpha value is -2.63. The summed E-state index contributed by atoms with van der Waals surface area (Å²) in [5, 5.41) is 18.1. The molecule has 0 aliphatic heterocycles. The van der Waals surface area contributed by atoms with Crippen LogP contribution in [0.15, 0.2) is 30.6 Å². The lowest BCUT2D eigenvalue weighted by Gasteiger charge is -2.04. The van der Waals surface area contributed by atoms with Crippen LogP contribution in [0.4, 0.5) is 0 Å². The Balaban J connectivity index is 2.31. The summed E-state index contributed by atoms with van der Waals surface area (Å²) < 4.78 is 1.34. The summed E-state index contributed by atoms with van der Waals surface area (Å²) in [5.74, 6) is -0.246. The third-order valence-corrected chi connectivity index (χ3v) is 2.87. The van der Waals surface area contributed by atoms with E-state index >= 15 is 0 Å². The molecule has 0 spiro atoms. The van der Waals surface area contributed by atoms with E-state index in [-0.39, 0.29) is 23.7 Å². The average molecular weight is 271 g/mol. The molecule has 19 heavy (non-hydrogen) atoms. The Morgan fingerprint density at radius 3 is 2.68 bits per heavy atom. The second-order valence-electron chi connectivity index (χ2n) is 3.70. The molecular formula is C13H7ClN4O. The highest BCUT2D eigenvalue weighted by atomic mass is 35.5. The molecule has 0 saturated heterocycles. The van der Waals surface area contributed by atoms with E-state index in [0.29, 0.717) is 10.6 Å². The Labute approximate surface area is 114 Å². The number of hydrogen-bond donors (Lipinski definition) is 0. The molecule has 0 bridgehead atoms. The molecule has 0 amide bonds. The van der Waals surface area contributed by atoms with Crippen molar-refractivity contribution >= 4 is 17.4 Å². The largest absolute Gasteiger partial charge is 0.313 e. The average Bonchev–Trinajstić information content (AvgIpc) is 2.81. The number of rotatable bonds is 3. The van der Waals surface area contributed by atoms with E-state index in [1.165, 1.54) is 10.9 Å². The highest BCUT2D eigenvalue weighted by Gasteiger charge is 2.15. The number of imidazole rings is 1. The van der Waals surface area contributed by atoms with Crippen LogP contribution >= 0.6 is 11.6 Å². The summed E-state index contributed by atoms with van der Waals surface area (Å²) in [7, 11) is 0. The molecule has 0 aliphatic carbocycles. The van der Waals surface area contributed by atoms with Gasteiger partial charge < -0.3 is 4.57 Å². The van der Waals surface area contributed by atoms with E-state index in [0.717, 1.165) is 0 Å². The maximum Gasteiger partial charge on any atom is 0.184 e. The second-order valence-corrected chi connectivity index (χ2v) is 4.10. The van der Waals surface area contributed by atoms with E-state index in [1.54, 1.807) is 30.3 Å². The third-order valence-electron chi connectivity index (χ3n) is 2.54. The molecule has 1 aromatic heterocycles. The second kappa shape index (κ2) is 5.34. The predicted molar refractivity (Wildman–Crippen MR) is 67.4 cm³/mol. The number of ketones is 1. The van der Waals surface area contributed by atoms with Gasteiger partial charge in [-0.1, -0.05) is 23.7 Å². The van der Waals surface area contributed by atoms with Crippen LogP contribution in [0.5, 0.6) is 0 Å². The monoisotopic (exact) mass is 270 g/mol. The number of hydrogen-bond acceptors (Lipinski definition) is 4. The predicted octanol–water partition coefficient (Wildman–Crippen LogP) is 2.16. The summed E-state index contributed by atoms with van der Waals surface area (Å²) in [5.41, 5.74) is 0.456. The van der Waals surface area contributed by atoms with Crippen LogP contribution in [0.1, 0.15) is 21.7 Å². The number of carbonyl (C=O) groups excluding carboxylic acids is 1. The summed E-state index contributed by atoms with van der Waals surface area (Å²) in [6.45, 7) is -0.0820. The number of benzene rings is 1. The van der Waals surface area contributed by atoms with Crippen LogP contribution in [0.25, 0.3) is 0 Å². The lowest BCUT2D eigenvalue weighted by atomic mass is 10.1. The van der Waals surface area contributed by atoms with Gasteiger partial charge in [0.15, 0.2) is 17.2 Å². The molecular weight excluding hydrogens is 264 g/mol. The third kappa shape index (κ3) is 2.47. The van der Waals surface area contributed by atoms with E-state index in [1.807, 2.05) is 6.07 Å². The van der Waals surface area contributed by atoms with Crippen molar-refractivity contribution in [3.63, 3.8) is 0 Å². The van der Waals surface area contributed by atoms with Gasteiger partial charge in [0, 0.05) is 5.56 Å². The van der Waals surface area contributed by atoms with Crippen molar-refractivity contribution in [2.24, 2.45) is 0 Å². The Kier molecular flexibility index (Phi) is 3.61. The van der Waals surface area contributed by atoms with Crippen LogP contribution in [0, 0.1) is 22.7 Å².